The molecule has 0 saturated heterocycles. The van der Waals surface area contributed by atoms with Gasteiger partial charge in [-0.25, -0.2) is 0 Å². The number of anilines is 1. The molecule has 0 aromatic heterocycles. The highest BCUT2D eigenvalue weighted by atomic mass is 32.2. The minimum atomic E-state index is -0.107. The van der Waals surface area contributed by atoms with Crippen LogP contribution < -0.4 is 5.73 Å². The normalized spacial score (nSPS) is 16.3. The quantitative estimate of drug-likeness (QED) is 0.505. The molecule has 0 aliphatic heterocycles. The van der Waals surface area contributed by atoms with E-state index in [0.29, 0.717) is 6.42 Å². The SMILES string of the molecule is COC(=O)CC1(CSc2ccc(C)cc2N)CC1. The lowest BCUT2D eigenvalue weighted by Crippen LogP contribution is -2.13. The van der Waals surface area contributed by atoms with Gasteiger partial charge in [0.15, 0.2) is 0 Å². The van der Waals surface area contributed by atoms with Crippen molar-refractivity contribution in [1.82, 2.24) is 0 Å². The zero-order valence-electron chi connectivity index (χ0n) is 10.9. The number of carbonyl (C=O) groups is 1. The van der Waals surface area contributed by atoms with Crippen molar-refractivity contribution in [2.45, 2.75) is 31.1 Å². The fourth-order valence-electron chi connectivity index (χ4n) is 1.96. The average molecular weight is 265 g/mol. The zero-order chi connectivity index (χ0) is 13.2. The van der Waals surface area contributed by atoms with Crippen molar-refractivity contribution in [2.75, 3.05) is 18.6 Å². The monoisotopic (exact) mass is 265 g/mol. The molecule has 0 bridgehead atoms. The maximum absolute atomic E-state index is 11.3. The van der Waals surface area contributed by atoms with Gasteiger partial charge in [0.1, 0.15) is 0 Å². The number of aryl methyl sites for hydroxylation is 1. The summed E-state index contributed by atoms with van der Waals surface area (Å²) in [5.41, 5.74) is 8.14. The van der Waals surface area contributed by atoms with E-state index in [1.807, 2.05) is 13.0 Å². The van der Waals surface area contributed by atoms with Gasteiger partial charge >= 0.3 is 5.97 Å². The van der Waals surface area contributed by atoms with Crippen LogP contribution in [-0.2, 0) is 9.53 Å². The molecule has 98 valence electrons. The fourth-order valence-corrected chi connectivity index (χ4v) is 3.20. The summed E-state index contributed by atoms with van der Waals surface area (Å²) in [6.07, 6.45) is 2.75. The molecule has 0 spiro atoms. The van der Waals surface area contributed by atoms with Crippen molar-refractivity contribution < 1.29 is 9.53 Å². The van der Waals surface area contributed by atoms with Gasteiger partial charge in [-0.2, -0.15) is 0 Å². The second kappa shape index (κ2) is 5.22. The predicted octanol–water partition coefficient (Wildman–Crippen LogP) is 3.01. The summed E-state index contributed by atoms with van der Waals surface area (Å²) < 4.78 is 4.74. The van der Waals surface area contributed by atoms with Crippen molar-refractivity contribution >= 4 is 23.4 Å². The Kier molecular flexibility index (Phi) is 3.85. The van der Waals surface area contributed by atoms with Crippen molar-refractivity contribution in [3.05, 3.63) is 23.8 Å². The number of esters is 1. The average Bonchev–Trinajstić information content (AvgIpc) is 3.08. The predicted molar refractivity (Wildman–Crippen MR) is 74.6 cm³/mol. The van der Waals surface area contributed by atoms with Gasteiger partial charge in [-0.05, 0) is 42.9 Å². The second-order valence-corrected chi connectivity index (χ2v) is 6.10. The van der Waals surface area contributed by atoms with Gasteiger partial charge in [-0.15, -0.1) is 11.8 Å². The summed E-state index contributed by atoms with van der Waals surface area (Å²) in [4.78, 5) is 12.4. The number of hydrogen-bond donors (Lipinski definition) is 1. The molecule has 0 heterocycles. The summed E-state index contributed by atoms with van der Waals surface area (Å²) in [6, 6.07) is 6.12. The lowest BCUT2D eigenvalue weighted by Gasteiger charge is -2.14. The Morgan fingerprint density at radius 1 is 1.50 bits per heavy atom. The van der Waals surface area contributed by atoms with E-state index in [0.717, 1.165) is 29.2 Å². The van der Waals surface area contributed by atoms with Crippen LogP contribution in [0.15, 0.2) is 23.1 Å². The van der Waals surface area contributed by atoms with Crippen LogP contribution in [0.5, 0.6) is 0 Å². The van der Waals surface area contributed by atoms with Crippen molar-refractivity contribution in [3.63, 3.8) is 0 Å². The highest BCUT2D eigenvalue weighted by molar-refractivity contribution is 7.99. The molecule has 1 aromatic rings. The summed E-state index contributed by atoms with van der Waals surface area (Å²) >= 11 is 1.74. The van der Waals surface area contributed by atoms with Crippen LogP contribution >= 0.6 is 11.8 Å². The molecule has 4 heteroatoms. The van der Waals surface area contributed by atoms with Gasteiger partial charge in [-0.3, -0.25) is 4.79 Å². The van der Waals surface area contributed by atoms with Crippen LogP contribution in [0.3, 0.4) is 0 Å². The van der Waals surface area contributed by atoms with E-state index in [2.05, 4.69) is 12.1 Å². The van der Waals surface area contributed by atoms with E-state index >= 15 is 0 Å². The Bertz CT molecular complexity index is 455. The van der Waals surface area contributed by atoms with Crippen LogP contribution in [0.2, 0.25) is 0 Å². The molecule has 2 rings (SSSR count). The van der Waals surface area contributed by atoms with Crippen molar-refractivity contribution in [3.8, 4) is 0 Å². The topological polar surface area (TPSA) is 52.3 Å². The largest absolute Gasteiger partial charge is 0.469 e. The summed E-state index contributed by atoms with van der Waals surface area (Å²) in [7, 11) is 1.45. The molecule has 0 unspecified atom stereocenters. The van der Waals surface area contributed by atoms with E-state index in [1.54, 1.807) is 11.8 Å². The maximum Gasteiger partial charge on any atom is 0.306 e. The highest BCUT2D eigenvalue weighted by Gasteiger charge is 2.44. The number of rotatable bonds is 5. The minimum absolute atomic E-state index is 0.107. The number of nitrogen functional groups attached to an aromatic ring is 1. The summed E-state index contributed by atoms with van der Waals surface area (Å²) in [5, 5.41) is 0. The molecule has 3 nitrogen and oxygen atoms in total. The molecule has 0 radical (unpaired) electrons. The number of thioether (sulfide) groups is 1. The van der Waals surface area contributed by atoms with Crippen LogP contribution in [-0.4, -0.2) is 18.8 Å². The minimum Gasteiger partial charge on any atom is -0.469 e. The Morgan fingerprint density at radius 3 is 2.78 bits per heavy atom. The van der Waals surface area contributed by atoms with Crippen LogP contribution in [0, 0.1) is 12.3 Å². The lowest BCUT2D eigenvalue weighted by molar-refractivity contribution is -0.141. The van der Waals surface area contributed by atoms with Gasteiger partial charge in [0.05, 0.1) is 13.5 Å². The van der Waals surface area contributed by atoms with E-state index < -0.39 is 0 Å². The lowest BCUT2D eigenvalue weighted by atomic mass is 10.1. The number of benzene rings is 1. The Labute approximate surface area is 112 Å². The first-order valence-corrected chi connectivity index (χ1v) is 7.09. The first kappa shape index (κ1) is 13.3. The molecular weight excluding hydrogens is 246 g/mol. The van der Waals surface area contributed by atoms with Gasteiger partial charge in [-0.1, -0.05) is 6.07 Å². The van der Waals surface area contributed by atoms with E-state index in [1.165, 1.54) is 12.7 Å². The second-order valence-electron chi connectivity index (χ2n) is 5.08. The molecule has 1 aliphatic rings. The van der Waals surface area contributed by atoms with Gasteiger partial charge in [0.2, 0.25) is 0 Å². The zero-order valence-corrected chi connectivity index (χ0v) is 11.7. The maximum atomic E-state index is 11.3. The molecule has 1 aliphatic carbocycles. The number of hydrogen-bond acceptors (Lipinski definition) is 4. The molecule has 1 saturated carbocycles. The molecule has 0 amide bonds. The third-order valence-electron chi connectivity index (χ3n) is 3.40. The molecular formula is C14H19NO2S. The molecule has 0 atom stereocenters. The first-order valence-electron chi connectivity index (χ1n) is 6.10. The molecule has 1 aromatic carbocycles. The van der Waals surface area contributed by atoms with Crippen LogP contribution in [0.4, 0.5) is 5.69 Å². The summed E-state index contributed by atoms with van der Waals surface area (Å²) in [5.74, 6) is 0.833. The number of carbonyl (C=O) groups excluding carboxylic acids is 1. The van der Waals surface area contributed by atoms with Crippen molar-refractivity contribution in [1.29, 1.82) is 0 Å². The van der Waals surface area contributed by atoms with E-state index in [9.17, 15) is 4.79 Å². The third-order valence-corrected chi connectivity index (χ3v) is 4.84. The Balaban J connectivity index is 1.93. The Hall–Kier alpha value is -1.16. The third kappa shape index (κ3) is 3.19. The molecule has 1 fully saturated rings. The van der Waals surface area contributed by atoms with E-state index in [4.69, 9.17) is 10.5 Å². The first-order chi connectivity index (χ1) is 8.54. The number of nitrogens with two attached hydrogens (primary N) is 1. The van der Waals surface area contributed by atoms with Gasteiger partial charge in [0, 0.05) is 16.3 Å². The Morgan fingerprint density at radius 2 is 2.22 bits per heavy atom. The summed E-state index contributed by atoms with van der Waals surface area (Å²) in [6.45, 7) is 2.03. The standard InChI is InChI=1S/C14H19NO2S/c1-10-3-4-12(11(15)7-10)18-9-14(5-6-14)8-13(16)17-2/h3-4,7H,5-6,8-9,15H2,1-2H3. The molecule has 18 heavy (non-hydrogen) atoms. The highest BCUT2D eigenvalue weighted by Crippen LogP contribution is 2.52. The fraction of sp³-hybridized carbons (Fsp3) is 0.500. The van der Waals surface area contributed by atoms with Gasteiger partial charge in [0.25, 0.3) is 0 Å². The van der Waals surface area contributed by atoms with Gasteiger partial charge < -0.3 is 10.5 Å². The van der Waals surface area contributed by atoms with E-state index in [-0.39, 0.29) is 11.4 Å². The number of ether oxygens (including phenoxy) is 1. The molecule has 2 N–H and O–H groups in total. The number of methoxy groups -OCH3 is 1. The van der Waals surface area contributed by atoms with Crippen molar-refractivity contribution in [2.24, 2.45) is 5.41 Å². The van der Waals surface area contributed by atoms with Crippen LogP contribution in [0.1, 0.15) is 24.8 Å². The van der Waals surface area contributed by atoms with Crippen LogP contribution in [0.25, 0.3) is 0 Å². The smallest absolute Gasteiger partial charge is 0.306 e.